The third-order valence-electron chi connectivity index (χ3n) is 2.63. The van der Waals surface area contributed by atoms with Crippen LogP contribution in [0.25, 0.3) is 0 Å². The molecule has 0 spiro atoms. The Labute approximate surface area is 119 Å². The molecule has 0 saturated heterocycles. The van der Waals surface area contributed by atoms with Gasteiger partial charge in [0.15, 0.2) is 6.10 Å². The van der Waals surface area contributed by atoms with Crippen molar-refractivity contribution >= 4 is 5.91 Å². The number of nitrogens with one attached hydrogen (secondary N) is 1. The fraction of sp³-hybridized carbons (Fsp3) is 0.467. The van der Waals surface area contributed by atoms with Crippen LogP contribution >= 0.6 is 0 Å². The minimum atomic E-state index is -0.574. The van der Waals surface area contributed by atoms with Crippen molar-refractivity contribution in [2.75, 3.05) is 19.8 Å². The zero-order valence-corrected chi connectivity index (χ0v) is 11.9. The van der Waals surface area contributed by atoms with E-state index in [2.05, 4.69) is 5.32 Å². The number of nitrogens with zero attached hydrogens (tertiary/aromatic N) is 1. The van der Waals surface area contributed by atoms with Gasteiger partial charge in [0.25, 0.3) is 5.91 Å². The lowest BCUT2D eigenvalue weighted by Crippen LogP contribution is -2.37. The number of hydrogen-bond acceptors (Lipinski definition) is 4. The zero-order chi connectivity index (χ0) is 14.8. The normalized spacial score (nSPS) is 11.4. The molecule has 1 amide bonds. The monoisotopic (exact) mass is 276 g/mol. The summed E-state index contributed by atoms with van der Waals surface area (Å²) in [5.74, 6) is 0.409. The Morgan fingerprint density at radius 2 is 2.10 bits per heavy atom. The fourth-order valence-electron chi connectivity index (χ4n) is 1.54. The maximum Gasteiger partial charge on any atom is 0.260 e. The SMILES string of the molecule is CCOCCCNC(=O)C(C)Oc1ccc(C#N)cc1. The molecular formula is C15H20N2O3. The molecule has 1 unspecified atom stereocenters. The maximum absolute atomic E-state index is 11.8. The first kappa shape index (κ1) is 16.0. The molecule has 0 heterocycles. The highest BCUT2D eigenvalue weighted by molar-refractivity contribution is 5.80. The van der Waals surface area contributed by atoms with Crippen molar-refractivity contribution in [3.05, 3.63) is 29.8 Å². The number of amides is 1. The Bertz CT molecular complexity index is 451. The number of ether oxygens (including phenoxy) is 2. The molecule has 0 aromatic heterocycles. The van der Waals surface area contributed by atoms with E-state index in [0.29, 0.717) is 31.1 Å². The predicted molar refractivity (Wildman–Crippen MR) is 75.4 cm³/mol. The van der Waals surface area contributed by atoms with Gasteiger partial charge in [0, 0.05) is 19.8 Å². The Morgan fingerprint density at radius 3 is 2.70 bits per heavy atom. The van der Waals surface area contributed by atoms with Gasteiger partial charge in [-0.15, -0.1) is 0 Å². The van der Waals surface area contributed by atoms with Gasteiger partial charge >= 0.3 is 0 Å². The van der Waals surface area contributed by atoms with E-state index in [9.17, 15) is 4.79 Å². The second kappa shape index (κ2) is 8.94. The van der Waals surface area contributed by atoms with E-state index in [1.165, 1.54) is 0 Å². The van der Waals surface area contributed by atoms with Crippen LogP contribution in [0.4, 0.5) is 0 Å². The molecule has 5 nitrogen and oxygen atoms in total. The van der Waals surface area contributed by atoms with Crippen LogP contribution in [0.2, 0.25) is 0 Å². The fourth-order valence-corrected chi connectivity index (χ4v) is 1.54. The smallest absolute Gasteiger partial charge is 0.260 e. The largest absolute Gasteiger partial charge is 0.481 e. The quantitative estimate of drug-likeness (QED) is 0.736. The molecule has 0 bridgehead atoms. The van der Waals surface area contributed by atoms with Gasteiger partial charge in [-0.05, 0) is 44.5 Å². The highest BCUT2D eigenvalue weighted by Gasteiger charge is 2.13. The number of benzene rings is 1. The molecule has 0 fully saturated rings. The first-order chi connectivity index (χ1) is 9.67. The van der Waals surface area contributed by atoms with Crippen LogP contribution in [-0.2, 0) is 9.53 Å². The zero-order valence-electron chi connectivity index (χ0n) is 11.9. The third-order valence-corrected chi connectivity index (χ3v) is 2.63. The Balaban J connectivity index is 2.31. The van der Waals surface area contributed by atoms with E-state index >= 15 is 0 Å². The van der Waals surface area contributed by atoms with Crippen LogP contribution in [0.1, 0.15) is 25.8 Å². The van der Waals surface area contributed by atoms with Gasteiger partial charge in [-0.2, -0.15) is 5.26 Å². The topological polar surface area (TPSA) is 71.3 Å². The summed E-state index contributed by atoms with van der Waals surface area (Å²) in [7, 11) is 0. The molecule has 1 atom stereocenters. The number of carbonyl (C=O) groups excluding carboxylic acids is 1. The van der Waals surface area contributed by atoms with Gasteiger partial charge in [-0.1, -0.05) is 0 Å². The van der Waals surface area contributed by atoms with Crippen LogP contribution in [0.3, 0.4) is 0 Å². The summed E-state index contributed by atoms with van der Waals surface area (Å²) in [4.78, 5) is 11.8. The minimum Gasteiger partial charge on any atom is -0.481 e. The van der Waals surface area contributed by atoms with Crippen LogP contribution in [-0.4, -0.2) is 31.8 Å². The molecule has 0 aliphatic heterocycles. The average Bonchev–Trinajstić information content (AvgIpc) is 2.47. The first-order valence-electron chi connectivity index (χ1n) is 6.69. The van der Waals surface area contributed by atoms with E-state index in [1.54, 1.807) is 31.2 Å². The number of hydrogen-bond donors (Lipinski definition) is 1. The summed E-state index contributed by atoms with van der Waals surface area (Å²) in [6.45, 7) is 5.52. The first-order valence-corrected chi connectivity index (χ1v) is 6.69. The molecule has 0 aliphatic rings. The van der Waals surface area contributed by atoms with Crippen molar-refractivity contribution in [1.29, 1.82) is 5.26 Å². The molecule has 1 aromatic carbocycles. The molecule has 1 aromatic rings. The second-order valence-electron chi connectivity index (χ2n) is 4.24. The van der Waals surface area contributed by atoms with Gasteiger partial charge in [-0.25, -0.2) is 0 Å². The van der Waals surface area contributed by atoms with Gasteiger partial charge in [0.2, 0.25) is 0 Å². The number of nitriles is 1. The van der Waals surface area contributed by atoms with E-state index in [1.807, 2.05) is 13.0 Å². The summed E-state index contributed by atoms with van der Waals surface area (Å²) in [5, 5.41) is 11.5. The van der Waals surface area contributed by atoms with E-state index in [0.717, 1.165) is 6.42 Å². The maximum atomic E-state index is 11.8. The van der Waals surface area contributed by atoms with Crippen LogP contribution in [0.5, 0.6) is 5.75 Å². The molecule has 0 aliphatic carbocycles. The van der Waals surface area contributed by atoms with E-state index in [-0.39, 0.29) is 5.91 Å². The van der Waals surface area contributed by atoms with Gasteiger partial charge in [-0.3, -0.25) is 4.79 Å². The molecule has 1 rings (SSSR count). The van der Waals surface area contributed by atoms with Crippen molar-refractivity contribution < 1.29 is 14.3 Å². The molecule has 108 valence electrons. The number of rotatable bonds is 8. The molecule has 5 heteroatoms. The average molecular weight is 276 g/mol. The highest BCUT2D eigenvalue weighted by Crippen LogP contribution is 2.13. The standard InChI is InChI=1S/C15H20N2O3/c1-3-19-10-4-9-17-15(18)12(2)20-14-7-5-13(11-16)6-8-14/h5-8,12H,3-4,9-10H2,1-2H3,(H,17,18). The van der Waals surface area contributed by atoms with Crippen LogP contribution in [0.15, 0.2) is 24.3 Å². The Morgan fingerprint density at radius 1 is 1.40 bits per heavy atom. The van der Waals surface area contributed by atoms with Gasteiger partial charge in [0.05, 0.1) is 11.6 Å². The highest BCUT2D eigenvalue weighted by atomic mass is 16.5. The molecule has 0 saturated carbocycles. The van der Waals surface area contributed by atoms with Crippen molar-refractivity contribution in [2.45, 2.75) is 26.4 Å². The molecule has 20 heavy (non-hydrogen) atoms. The number of carbonyl (C=O) groups is 1. The summed E-state index contributed by atoms with van der Waals surface area (Å²) in [6, 6.07) is 8.69. The lowest BCUT2D eigenvalue weighted by molar-refractivity contribution is -0.127. The Kier molecular flexibility index (Phi) is 7.15. The van der Waals surface area contributed by atoms with E-state index < -0.39 is 6.10 Å². The predicted octanol–water partition coefficient (Wildman–Crippen LogP) is 1.87. The molecule has 1 N–H and O–H groups in total. The van der Waals surface area contributed by atoms with Crippen LogP contribution in [0, 0.1) is 11.3 Å². The van der Waals surface area contributed by atoms with Gasteiger partial charge in [0.1, 0.15) is 5.75 Å². The lowest BCUT2D eigenvalue weighted by atomic mass is 10.2. The molecular weight excluding hydrogens is 256 g/mol. The van der Waals surface area contributed by atoms with Crippen molar-refractivity contribution in [1.82, 2.24) is 5.32 Å². The summed E-state index contributed by atoms with van der Waals surface area (Å²) in [6.07, 6.45) is 0.207. The summed E-state index contributed by atoms with van der Waals surface area (Å²) >= 11 is 0. The minimum absolute atomic E-state index is 0.161. The second-order valence-corrected chi connectivity index (χ2v) is 4.24. The van der Waals surface area contributed by atoms with Crippen LogP contribution < -0.4 is 10.1 Å². The summed E-state index contributed by atoms with van der Waals surface area (Å²) < 4.78 is 10.7. The third kappa shape index (κ3) is 5.72. The van der Waals surface area contributed by atoms with Crippen molar-refractivity contribution in [2.24, 2.45) is 0 Å². The van der Waals surface area contributed by atoms with E-state index in [4.69, 9.17) is 14.7 Å². The Hall–Kier alpha value is -2.06. The lowest BCUT2D eigenvalue weighted by Gasteiger charge is -2.14. The summed E-state index contributed by atoms with van der Waals surface area (Å²) in [5.41, 5.74) is 0.561. The van der Waals surface area contributed by atoms with Crippen molar-refractivity contribution in [3.8, 4) is 11.8 Å². The van der Waals surface area contributed by atoms with Crippen molar-refractivity contribution in [3.63, 3.8) is 0 Å². The molecule has 0 radical (unpaired) electrons. The van der Waals surface area contributed by atoms with Gasteiger partial charge < -0.3 is 14.8 Å².